The van der Waals surface area contributed by atoms with Gasteiger partial charge < -0.3 is 5.32 Å². The van der Waals surface area contributed by atoms with Crippen molar-refractivity contribution in [3.63, 3.8) is 0 Å². The van der Waals surface area contributed by atoms with Gasteiger partial charge in [-0.1, -0.05) is 36.8 Å². The van der Waals surface area contributed by atoms with Crippen LogP contribution < -0.4 is 5.32 Å². The number of carbonyl (C=O) groups excluding carboxylic acids is 1. The van der Waals surface area contributed by atoms with Gasteiger partial charge in [0.15, 0.2) is 0 Å². The summed E-state index contributed by atoms with van der Waals surface area (Å²) in [6.07, 6.45) is 0.545. The second-order valence-electron chi connectivity index (χ2n) is 4.09. The van der Waals surface area contributed by atoms with E-state index in [9.17, 15) is 4.79 Å². The third-order valence-electron chi connectivity index (χ3n) is 2.56. The van der Waals surface area contributed by atoms with Crippen LogP contribution in [0.1, 0.15) is 18.1 Å². The molecule has 0 fully saturated rings. The van der Waals surface area contributed by atoms with E-state index in [0.717, 1.165) is 12.1 Å². The van der Waals surface area contributed by atoms with Gasteiger partial charge in [0.1, 0.15) is 5.78 Å². The van der Waals surface area contributed by atoms with E-state index < -0.39 is 0 Å². The third kappa shape index (κ3) is 3.84. The molecule has 0 saturated heterocycles. The molecule has 1 aromatic carbocycles. The van der Waals surface area contributed by atoms with Gasteiger partial charge in [-0.2, -0.15) is 0 Å². The van der Waals surface area contributed by atoms with E-state index >= 15 is 0 Å². The predicted molar refractivity (Wildman–Crippen MR) is 63.0 cm³/mol. The molecule has 0 bridgehead atoms. The Bertz CT molecular complexity index is 316. The summed E-state index contributed by atoms with van der Waals surface area (Å²) in [5.41, 5.74) is 2.34. The predicted octanol–water partition coefficient (Wildman–Crippen LogP) is 1.96. The summed E-state index contributed by atoms with van der Waals surface area (Å²) in [4.78, 5) is 11.7. The average molecular weight is 205 g/mol. The van der Waals surface area contributed by atoms with Crippen LogP contribution in [0.25, 0.3) is 0 Å². The van der Waals surface area contributed by atoms with Crippen molar-refractivity contribution in [1.82, 2.24) is 5.32 Å². The summed E-state index contributed by atoms with van der Waals surface area (Å²) in [5, 5.41) is 3.02. The molecule has 2 nitrogen and oxygen atoms in total. The van der Waals surface area contributed by atoms with Gasteiger partial charge in [0.05, 0.1) is 0 Å². The average Bonchev–Trinajstić information content (AvgIpc) is 2.22. The first-order chi connectivity index (χ1) is 7.13. The number of ketones is 1. The van der Waals surface area contributed by atoms with Gasteiger partial charge in [-0.25, -0.2) is 0 Å². The molecule has 82 valence electrons. The highest BCUT2D eigenvalue weighted by atomic mass is 16.1. The Labute approximate surface area is 91.7 Å². The Hall–Kier alpha value is -1.15. The molecule has 2 heteroatoms. The monoisotopic (exact) mass is 205 g/mol. The van der Waals surface area contributed by atoms with Crippen LogP contribution in [0.5, 0.6) is 0 Å². The lowest BCUT2D eigenvalue weighted by Crippen LogP contribution is -2.24. The van der Waals surface area contributed by atoms with Crippen molar-refractivity contribution in [2.24, 2.45) is 5.92 Å². The van der Waals surface area contributed by atoms with Crippen molar-refractivity contribution in [2.75, 3.05) is 13.6 Å². The van der Waals surface area contributed by atoms with Crippen molar-refractivity contribution in [3.8, 4) is 0 Å². The van der Waals surface area contributed by atoms with Gasteiger partial charge in [-0.3, -0.25) is 4.79 Å². The quantitative estimate of drug-likeness (QED) is 0.796. The lowest BCUT2D eigenvalue weighted by molar-refractivity contribution is -0.121. The summed E-state index contributed by atoms with van der Waals surface area (Å²) in [5.74, 6) is 0.393. The molecular formula is C13H19NO. The first-order valence-corrected chi connectivity index (χ1v) is 5.36. The zero-order valence-electron chi connectivity index (χ0n) is 9.71. The summed E-state index contributed by atoms with van der Waals surface area (Å²) in [6, 6.07) is 8.15. The Kier molecular flexibility index (Phi) is 4.50. The largest absolute Gasteiger partial charge is 0.319 e. The van der Waals surface area contributed by atoms with Gasteiger partial charge in [0.25, 0.3) is 0 Å². The minimum atomic E-state index is 0.0938. The summed E-state index contributed by atoms with van der Waals surface area (Å²) >= 11 is 0. The van der Waals surface area contributed by atoms with Crippen molar-refractivity contribution >= 4 is 5.78 Å². The maximum Gasteiger partial charge on any atom is 0.141 e. The highest BCUT2D eigenvalue weighted by Gasteiger charge is 2.11. The minimum Gasteiger partial charge on any atom is -0.319 e. The molecule has 0 spiro atoms. The summed E-state index contributed by atoms with van der Waals surface area (Å²) in [6.45, 7) is 4.77. The van der Waals surface area contributed by atoms with Gasteiger partial charge in [0.2, 0.25) is 0 Å². The molecule has 1 rings (SSSR count). The molecule has 0 aromatic heterocycles. The van der Waals surface area contributed by atoms with Crippen LogP contribution in [-0.4, -0.2) is 19.4 Å². The van der Waals surface area contributed by atoms with E-state index in [1.807, 2.05) is 38.2 Å². The Morgan fingerprint density at radius 1 is 1.33 bits per heavy atom. The topological polar surface area (TPSA) is 29.1 Å². The number of hydrogen-bond donors (Lipinski definition) is 1. The van der Waals surface area contributed by atoms with Crippen molar-refractivity contribution in [1.29, 1.82) is 0 Å². The molecular weight excluding hydrogens is 186 g/mol. The molecule has 0 aliphatic heterocycles. The minimum absolute atomic E-state index is 0.0938. The molecule has 1 N–H and O–H groups in total. The van der Waals surface area contributed by atoms with Crippen molar-refractivity contribution in [3.05, 3.63) is 35.4 Å². The Balaban J connectivity index is 2.54. The van der Waals surface area contributed by atoms with E-state index in [2.05, 4.69) is 12.2 Å². The van der Waals surface area contributed by atoms with E-state index in [1.54, 1.807) is 0 Å². The fourth-order valence-electron chi connectivity index (χ4n) is 1.50. The molecule has 15 heavy (non-hydrogen) atoms. The maximum absolute atomic E-state index is 11.7. The van der Waals surface area contributed by atoms with Crippen LogP contribution in [-0.2, 0) is 11.2 Å². The molecule has 0 aliphatic rings. The number of carbonyl (C=O) groups is 1. The van der Waals surface area contributed by atoms with Crippen LogP contribution in [0.2, 0.25) is 0 Å². The number of hydrogen-bond acceptors (Lipinski definition) is 2. The number of Topliss-reactive ketones (excluding diaryl/α,β-unsaturated/α-hetero) is 1. The van der Waals surface area contributed by atoms with E-state index in [4.69, 9.17) is 0 Å². The lowest BCUT2D eigenvalue weighted by Gasteiger charge is -2.09. The molecule has 1 aromatic rings. The van der Waals surface area contributed by atoms with E-state index in [1.165, 1.54) is 5.56 Å². The second-order valence-corrected chi connectivity index (χ2v) is 4.09. The number of rotatable bonds is 5. The van der Waals surface area contributed by atoms with Crippen LogP contribution in [0.3, 0.4) is 0 Å². The fourth-order valence-corrected chi connectivity index (χ4v) is 1.50. The lowest BCUT2D eigenvalue weighted by atomic mass is 9.99. The Morgan fingerprint density at radius 3 is 2.47 bits per heavy atom. The van der Waals surface area contributed by atoms with Gasteiger partial charge >= 0.3 is 0 Å². The smallest absolute Gasteiger partial charge is 0.141 e. The highest BCUT2D eigenvalue weighted by Crippen LogP contribution is 2.07. The van der Waals surface area contributed by atoms with E-state index in [-0.39, 0.29) is 5.92 Å². The fraction of sp³-hybridized carbons (Fsp3) is 0.462. The van der Waals surface area contributed by atoms with Crippen LogP contribution in [0.4, 0.5) is 0 Å². The molecule has 0 radical (unpaired) electrons. The molecule has 1 unspecified atom stereocenters. The maximum atomic E-state index is 11.7. The Morgan fingerprint density at radius 2 is 1.93 bits per heavy atom. The number of benzene rings is 1. The third-order valence-corrected chi connectivity index (χ3v) is 2.56. The normalized spacial score (nSPS) is 12.5. The number of nitrogens with one attached hydrogen (secondary N) is 1. The molecule has 0 heterocycles. The molecule has 0 aliphatic carbocycles. The van der Waals surface area contributed by atoms with Crippen molar-refractivity contribution < 1.29 is 4.79 Å². The van der Waals surface area contributed by atoms with Crippen LogP contribution in [0.15, 0.2) is 24.3 Å². The first kappa shape index (κ1) is 11.9. The first-order valence-electron chi connectivity index (χ1n) is 5.36. The van der Waals surface area contributed by atoms with E-state index in [0.29, 0.717) is 12.2 Å². The summed E-state index contributed by atoms with van der Waals surface area (Å²) in [7, 11) is 1.87. The molecule has 1 atom stereocenters. The molecule has 0 saturated carbocycles. The molecule has 0 amide bonds. The highest BCUT2D eigenvalue weighted by molar-refractivity contribution is 5.83. The second kappa shape index (κ2) is 5.66. The van der Waals surface area contributed by atoms with Gasteiger partial charge in [-0.15, -0.1) is 0 Å². The van der Waals surface area contributed by atoms with Crippen LogP contribution >= 0.6 is 0 Å². The van der Waals surface area contributed by atoms with Gasteiger partial charge in [-0.05, 0) is 19.5 Å². The van der Waals surface area contributed by atoms with Crippen molar-refractivity contribution in [2.45, 2.75) is 20.3 Å². The summed E-state index contributed by atoms with van der Waals surface area (Å²) < 4.78 is 0. The number of aryl methyl sites for hydroxylation is 1. The zero-order chi connectivity index (χ0) is 11.3. The standard InChI is InChI=1S/C13H19NO/c1-10-4-6-12(7-5-10)8-13(15)11(2)9-14-3/h4-7,11,14H,8-9H2,1-3H3. The van der Waals surface area contributed by atoms with Gasteiger partial charge in [0, 0.05) is 18.9 Å². The zero-order valence-corrected chi connectivity index (χ0v) is 9.71. The SMILES string of the molecule is CNCC(C)C(=O)Cc1ccc(C)cc1. The van der Waals surface area contributed by atoms with Crippen LogP contribution in [0, 0.1) is 12.8 Å².